The van der Waals surface area contributed by atoms with Crippen LogP contribution in [0.2, 0.25) is 0 Å². The molecule has 1 saturated heterocycles. The van der Waals surface area contributed by atoms with Gasteiger partial charge in [-0.2, -0.15) is 4.31 Å². The number of hydrogen-bond acceptors (Lipinski definition) is 5. The highest BCUT2D eigenvalue weighted by atomic mass is 32.2. The van der Waals surface area contributed by atoms with Gasteiger partial charge >= 0.3 is 0 Å². The van der Waals surface area contributed by atoms with Crippen LogP contribution >= 0.6 is 0 Å². The molecule has 0 aromatic heterocycles. The Bertz CT molecular complexity index is 800. The molecule has 2 amide bonds. The monoisotopic (exact) mass is 409 g/mol. The zero-order valence-corrected chi connectivity index (χ0v) is 16.7. The SMILES string of the molecule is O=C(NCCNC(=O)C1CCCC1)c1ccccc1S(=O)(=O)N1CCOCC1. The van der Waals surface area contributed by atoms with Crippen molar-refractivity contribution in [2.24, 2.45) is 5.92 Å². The molecular weight excluding hydrogens is 382 g/mol. The van der Waals surface area contributed by atoms with Crippen molar-refractivity contribution in [2.45, 2.75) is 30.6 Å². The van der Waals surface area contributed by atoms with E-state index in [9.17, 15) is 18.0 Å². The number of nitrogens with one attached hydrogen (secondary N) is 2. The molecule has 1 aromatic carbocycles. The van der Waals surface area contributed by atoms with Crippen molar-refractivity contribution in [3.8, 4) is 0 Å². The molecule has 3 rings (SSSR count). The highest BCUT2D eigenvalue weighted by Gasteiger charge is 2.30. The number of hydrogen-bond donors (Lipinski definition) is 2. The summed E-state index contributed by atoms with van der Waals surface area (Å²) in [5.74, 6) is -0.361. The summed E-state index contributed by atoms with van der Waals surface area (Å²) in [5.41, 5.74) is 0.108. The fourth-order valence-electron chi connectivity index (χ4n) is 3.59. The predicted molar refractivity (Wildman–Crippen MR) is 103 cm³/mol. The first kappa shape index (κ1) is 20.8. The Morgan fingerprint density at radius 2 is 1.68 bits per heavy atom. The normalized spacial score (nSPS) is 18.7. The van der Waals surface area contributed by atoms with Crippen LogP contribution in [0, 0.1) is 5.92 Å². The number of morpholine rings is 1. The molecule has 1 aliphatic heterocycles. The van der Waals surface area contributed by atoms with E-state index in [1.807, 2.05) is 0 Å². The molecule has 1 heterocycles. The molecular formula is C19H27N3O5S. The number of ether oxygens (including phenoxy) is 1. The van der Waals surface area contributed by atoms with Crippen molar-refractivity contribution >= 4 is 21.8 Å². The molecule has 154 valence electrons. The summed E-state index contributed by atoms with van der Waals surface area (Å²) in [4.78, 5) is 24.6. The number of rotatable bonds is 7. The topological polar surface area (TPSA) is 105 Å². The summed E-state index contributed by atoms with van der Waals surface area (Å²) in [7, 11) is -3.77. The largest absolute Gasteiger partial charge is 0.379 e. The molecule has 1 aromatic rings. The van der Waals surface area contributed by atoms with E-state index in [0.29, 0.717) is 19.8 Å². The van der Waals surface area contributed by atoms with Crippen molar-refractivity contribution in [2.75, 3.05) is 39.4 Å². The van der Waals surface area contributed by atoms with E-state index in [1.165, 1.54) is 16.4 Å². The van der Waals surface area contributed by atoms with Crippen molar-refractivity contribution in [1.29, 1.82) is 0 Å². The van der Waals surface area contributed by atoms with Crippen LogP contribution in [0.4, 0.5) is 0 Å². The lowest BCUT2D eigenvalue weighted by Crippen LogP contribution is -2.41. The first-order valence-electron chi connectivity index (χ1n) is 9.73. The maximum atomic E-state index is 12.9. The highest BCUT2D eigenvalue weighted by molar-refractivity contribution is 7.89. The quantitative estimate of drug-likeness (QED) is 0.647. The number of nitrogens with zero attached hydrogens (tertiary/aromatic N) is 1. The van der Waals surface area contributed by atoms with Gasteiger partial charge in [-0.15, -0.1) is 0 Å². The Kier molecular flexibility index (Phi) is 7.03. The number of carbonyl (C=O) groups is 2. The van der Waals surface area contributed by atoms with E-state index >= 15 is 0 Å². The van der Waals surface area contributed by atoms with Crippen molar-refractivity contribution < 1.29 is 22.7 Å². The van der Waals surface area contributed by atoms with Crippen LogP contribution in [-0.2, 0) is 19.6 Å². The van der Waals surface area contributed by atoms with Crippen LogP contribution in [0.15, 0.2) is 29.2 Å². The second-order valence-electron chi connectivity index (χ2n) is 7.04. The van der Waals surface area contributed by atoms with Gasteiger partial charge in [-0.05, 0) is 25.0 Å². The van der Waals surface area contributed by atoms with Gasteiger partial charge in [-0.1, -0.05) is 25.0 Å². The number of benzene rings is 1. The third kappa shape index (κ3) is 4.89. The maximum Gasteiger partial charge on any atom is 0.252 e. The molecule has 28 heavy (non-hydrogen) atoms. The smallest absolute Gasteiger partial charge is 0.252 e. The fourth-order valence-corrected chi connectivity index (χ4v) is 5.19. The van der Waals surface area contributed by atoms with Crippen LogP contribution in [0.5, 0.6) is 0 Å². The van der Waals surface area contributed by atoms with E-state index in [1.54, 1.807) is 12.1 Å². The zero-order chi connectivity index (χ0) is 20.0. The first-order chi connectivity index (χ1) is 13.5. The van der Waals surface area contributed by atoms with Gasteiger partial charge in [0.25, 0.3) is 5.91 Å². The van der Waals surface area contributed by atoms with E-state index in [0.717, 1.165) is 25.7 Å². The molecule has 0 bridgehead atoms. The second-order valence-corrected chi connectivity index (χ2v) is 8.95. The minimum absolute atomic E-state index is 0.00982. The van der Waals surface area contributed by atoms with Crippen LogP contribution < -0.4 is 10.6 Å². The lowest BCUT2D eigenvalue weighted by atomic mass is 10.1. The van der Waals surface area contributed by atoms with Crippen LogP contribution in [0.1, 0.15) is 36.0 Å². The van der Waals surface area contributed by atoms with Crippen molar-refractivity contribution in [1.82, 2.24) is 14.9 Å². The molecule has 2 fully saturated rings. The minimum Gasteiger partial charge on any atom is -0.379 e. The molecule has 2 N–H and O–H groups in total. The number of amides is 2. The molecule has 8 nitrogen and oxygen atoms in total. The number of carbonyl (C=O) groups excluding carboxylic acids is 2. The average molecular weight is 410 g/mol. The molecule has 1 saturated carbocycles. The van der Waals surface area contributed by atoms with Gasteiger partial charge in [0.2, 0.25) is 15.9 Å². The first-order valence-corrected chi connectivity index (χ1v) is 11.2. The lowest BCUT2D eigenvalue weighted by Gasteiger charge is -2.26. The zero-order valence-electron chi connectivity index (χ0n) is 15.9. The van der Waals surface area contributed by atoms with Crippen LogP contribution in [0.3, 0.4) is 0 Å². The molecule has 0 atom stereocenters. The van der Waals surface area contributed by atoms with Gasteiger partial charge in [-0.25, -0.2) is 8.42 Å². The van der Waals surface area contributed by atoms with Gasteiger partial charge in [0.1, 0.15) is 0 Å². The van der Waals surface area contributed by atoms with E-state index in [4.69, 9.17) is 4.74 Å². The Labute approximate surface area is 165 Å². The molecule has 2 aliphatic rings. The lowest BCUT2D eigenvalue weighted by molar-refractivity contribution is -0.124. The summed E-state index contributed by atoms with van der Waals surface area (Å²) in [6.45, 7) is 1.78. The second kappa shape index (κ2) is 9.49. The van der Waals surface area contributed by atoms with Gasteiger partial charge in [0.15, 0.2) is 0 Å². The van der Waals surface area contributed by atoms with E-state index in [-0.39, 0.29) is 41.9 Å². The molecule has 9 heteroatoms. The Hall–Kier alpha value is -1.97. The Balaban J connectivity index is 1.58. The maximum absolute atomic E-state index is 12.9. The fraction of sp³-hybridized carbons (Fsp3) is 0.579. The third-order valence-electron chi connectivity index (χ3n) is 5.16. The van der Waals surface area contributed by atoms with Gasteiger partial charge in [0.05, 0.1) is 23.7 Å². The highest BCUT2D eigenvalue weighted by Crippen LogP contribution is 2.24. The van der Waals surface area contributed by atoms with Crippen molar-refractivity contribution in [3.05, 3.63) is 29.8 Å². The molecule has 0 radical (unpaired) electrons. The average Bonchev–Trinajstić information content (AvgIpc) is 3.26. The summed E-state index contributed by atoms with van der Waals surface area (Å²) < 4.78 is 32.4. The third-order valence-corrected chi connectivity index (χ3v) is 7.11. The van der Waals surface area contributed by atoms with Crippen molar-refractivity contribution in [3.63, 3.8) is 0 Å². The van der Waals surface area contributed by atoms with Gasteiger partial charge < -0.3 is 15.4 Å². The standard InChI is InChI=1S/C19H27N3O5S/c23-18(15-5-1-2-6-15)20-9-10-21-19(24)16-7-3-4-8-17(16)28(25,26)22-11-13-27-14-12-22/h3-4,7-8,15H,1-2,5-6,9-14H2,(H,20,23)(H,21,24). The van der Waals surface area contributed by atoms with Crippen LogP contribution in [-0.4, -0.2) is 63.9 Å². The van der Waals surface area contributed by atoms with Gasteiger partial charge in [-0.3, -0.25) is 9.59 Å². The molecule has 0 unspecified atom stereocenters. The van der Waals surface area contributed by atoms with E-state index < -0.39 is 15.9 Å². The summed E-state index contributed by atoms with van der Waals surface area (Å²) in [6, 6.07) is 6.18. The molecule has 1 aliphatic carbocycles. The number of sulfonamides is 1. The molecule has 0 spiro atoms. The Morgan fingerprint density at radius 1 is 1.04 bits per heavy atom. The minimum atomic E-state index is -3.77. The van der Waals surface area contributed by atoms with Crippen LogP contribution in [0.25, 0.3) is 0 Å². The summed E-state index contributed by atoms with van der Waals surface area (Å²) in [5, 5.41) is 5.53. The Morgan fingerprint density at radius 3 is 2.39 bits per heavy atom. The van der Waals surface area contributed by atoms with Gasteiger partial charge in [0, 0.05) is 32.1 Å². The predicted octanol–water partition coefficient (Wildman–Crippen LogP) is 0.744. The summed E-state index contributed by atoms with van der Waals surface area (Å²) in [6.07, 6.45) is 4.02. The van der Waals surface area contributed by atoms with E-state index in [2.05, 4.69) is 10.6 Å². The summed E-state index contributed by atoms with van der Waals surface area (Å²) >= 11 is 0.